The summed E-state index contributed by atoms with van der Waals surface area (Å²) in [5.74, 6) is 0.667. The van der Waals surface area contributed by atoms with Crippen molar-refractivity contribution >= 4 is 5.91 Å². The van der Waals surface area contributed by atoms with Crippen molar-refractivity contribution in [3.05, 3.63) is 48.4 Å². The predicted octanol–water partition coefficient (Wildman–Crippen LogP) is 2.48. The van der Waals surface area contributed by atoms with Gasteiger partial charge in [-0.05, 0) is 57.1 Å². The van der Waals surface area contributed by atoms with E-state index >= 15 is 0 Å². The van der Waals surface area contributed by atoms with Crippen LogP contribution in [0.4, 0.5) is 0 Å². The molecule has 3 rings (SSSR count). The van der Waals surface area contributed by atoms with Crippen LogP contribution in [0.1, 0.15) is 30.1 Å². The third-order valence-corrected chi connectivity index (χ3v) is 4.19. The number of ether oxygens (including phenoxy) is 1. The van der Waals surface area contributed by atoms with Gasteiger partial charge in [0.05, 0.1) is 6.20 Å². The zero-order chi connectivity index (χ0) is 16.8. The number of hydrogen-bond donors (Lipinski definition) is 1. The van der Waals surface area contributed by atoms with Crippen molar-refractivity contribution in [2.45, 2.75) is 25.8 Å². The fraction of sp³-hybridized carbons (Fsp3) is 0.389. The standard InChI is InChI=1S/C18H22N4O2/c1-14(22-10-2-3-11-22)12-21-17(23)16-7-5-9-20-18(16)24-15-6-4-8-19-13-15/h4-9,13-14H,2-3,10-12H2,1H3,(H,21,23)/t14-/m1/s1. The second-order valence-corrected chi connectivity index (χ2v) is 5.95. The van der Waals surface area contributed by atoms with Crippen LogP contribution in [0.15, 0.2) is 42.9 Å². The third kappa shape index (κ3) is 4.08. The molecule has 2 aromatic heterocycles. The number of pyridine rings is 2. The highest BCUT2D eigenvalue weighted by Gasteiger charge is 2.20. The Morgan fingerprint density at radius 2 is 2.08 bits per heavy atom. The Morgan fingerprint density at radius 3 is 2.83 bits per heavy atom. The average molecular weight is 326 g/mol. The molecule has 0 radical (unpaired) electrons. The number of hydrogen-bond acceptors (Lipinski definition) is 5. The van der Waals surface area contributed by atoms with Crippen molar-refractivity contribution < 1.29 is 9.53 Å². The fourth-order valence-corrected chi connectivity index (χ4v) is 2.81. The van der Waals surface area contributed by atoms with Crippen LogP contribution in [0.5, 0.6) is 11.6 Å². The first kappa shape index (κ1) is 16.4. The molecule has 1 fully saturated rings. The number of carbonyl (C=O) groups excluding carboxylic acids is 1. The lowest BCUT2D eigenvalue weighted by Crippen LogP contribution is -2.40. The molecule has 0 unspecified atom stereocenters. The Morgan fingerprint density at radius 1 is 1.29 bits per heavy atom. The normalized spacial score (nSPS) is 15.9. The monoisotopic (exact) mass is 326 g/mol. The van der Waals surface area contributed by atoms with Gasteiger partial charge in [-0.3, -0.25) is 14.7 Å². The van der Waals surface area contributed by atoms with Crippen LogP contribution in [0.2, 0.25) is 0 Å². The number of rotatable bonds is 6. The Kier molecular flexibility index (Phi) is 5.38. The molecule has 1 aliphatic heterocycles. The lowest BCUT2D eigenvalue weighted by atomic mass is 10.2. The molecule has 1 N–H and O–H groups in total. The summed E-state index contributed by atoms with van der Waals surface area (Å²) in [7, 11) is 0. The molecule has 6 nitrogen and oxygen atoms in total. The van der Waals surface area contributed by atoms with Gasteiger partial charge in [-0.2, -0.15) is 0 Å². The summed E-state index contributed by atoms with van der Waals surface area (Å²) in [5.41, 5.74) is 0.426. The van der Waals surface area contributed by atoms with Crippen molar-refractivity contribution in [3.63, 3.8) is 0 Å². The first-order valence-corrected chi connectivity index (χ1v) is 8.29. The molecule has 24 heavy (non-hydrogen) atoms. The molecule has 1 atom stereocenters. The minimum Gasteiger partial charge on any atom is -0.437 e. The molecule has 0 spiro atoms. The van der Waals surface area contributed by atoms with E-state index in [9.17, 15) is 4.79 Å². The number of nitrogens with zero attached hydrogens (tertiary/aromatic N) is 3. The molecule has 1 saturated heterocycles. The molecule has 0 saturated carbocycles. The topological polar surface area (TPSA) is 67.3 Å². The number of aromatic nitrogens is 2. The van der Waals surface area contributed by atoms with Gasteiger partial charge in [-0.1, -0.05) is 0 Å². The summed E-state index contributed by atoms with van der Waals surface area (Å²) < 4.78 is 5.69. The maximum atomic E-state index is 12.5. The van der Waals surface area contributed by atoms with Gasteiger partial charge in [-0.15, -0.1) is 0 Å². The largest absolute Gasteiger partial charge is 0.437 e. The summed E-state index contributed by atoms with van der Waals surface area (Å²) in [6, 6.07) is 7.33. The molecular weight excluding hydrogens is 304 g/mol. The molecule has 1 amide bonds. The fourth-order valence-electron chi connectivity index (χ4n) is 2.81. The van der Waals surface area contributed by atoms with E-state index in [1.807, 2.05) is 0 Å². The second kappa shape index (κ2) is 7.88. The summed E-state index contributed by atoms with van der Waals surface area (Å²) in [5, 5.41) is 2.99. The van der Waals surface area contributed by atoms with E-state index in [0.29, 0.717) is 23.9 Å². The van der Waals surface area contributed by atoms with Gasteiger partial charge in [0.15, 0.2) is 0 Å². The van der Waals surface area contributed by atoms with Gasteiger partial charge >= 0.3 is 0 Å². The second-order valence-electron chi connectivity index (χ2n) is 5.95. The molecule has 0 aliphatic carbocycles. The van der Waals surface area contributed by atoms with Crippen molar-refractivity contribution in [1.29, 1.82) is 0 Å². The van der Waals surface area contributed by atoms with Gasteiger partial charge in [0.2, 0.25) is 5.88 Å². The molecular formula is C18H22N4O2. The molecule has 126 valence electrons. The van der Waals surface area contributed by atoms with E-state index < -0.39 is 0 Å². The van der Waals surface area contributed by atoms with Crippen LogP contribution >= 0.6 is 0 Å². The quantitative estimate of drug-likeness (QED) is 0.883. The Hall–Kier alpha value is -2.47. The Labute approximate surface area is 141 Å². The highest BCUT2D eigenvalue weighted by molar-refractivity contribution is 5.96. The lowest BCUT2D eigenvalue weighted by Gasteiger charge is -2.23. The van der Waals surface area contributed by atoms with Gasteiger partial charge < -0.3 is 10.1 Å². The van der Waals surface area contributed by atoms with Crippen LogP contribution in [0.3, 0.4) is 0 Å². The van der Waals surface area contributed by atoms with Gasteiger partial charge in [-0.25, -0.2) is 4.98 Å². The van der Waals surface area contributed by atoms with E-state index in [-0.39, 0.29) is 11.8 Å². The van der Waals surface area contributed by atoms with E-state index in [1.54, 1.807) is 42.9 Å². The van der Waals surface area contributed by atoms with E-state index in [4.69, 9.17) is 4.74 Å². The summed E-state index contributed by atoms with van der Waals surface area (Å²) in [6.07, 6.45) is 7.34. The highest BCUT2D eigenvalue weighted by Crippen LogP contribution is 2.21. The molecule has 6 heteroatoms. The maximum absolute atomic E-state index is 12.5. The van der Waals surface area contributed by atoms with Crippen LogP contribution in [-0.2, 0) is 0 Å². The number of amides is 1. The van der Waals surface area contributed by atoms with Crippen molar-refractivity contribution in [2.24, 2.45) is 0 Å². The molecule has 0 aromatic carbocycles. The van der Waals surface area contributed by atoms with Gasteiger partial charge in [0.25, 0.3) is 5.91 Å². The Balaban J connectivity index is 1.64. The van der Waals surface area contributed by atoms with Gasteiger partial charge in [0, 0.05) is 25.0 Å². The minimum atomic E-state index is -0.173. The molecule has 0 bridgehead atoms. The van der Waals surface area contributed by atoms with Crippen LogP contribution < -0.4 is 10.1 Å². The average Bonchev–Trinajstić information content (AvgIpc) is 3.15. The Bertz CT molecular complexity index is 672. The van der Waals surface area contributed by atoms with Gasteiger partial charge in [0.1, 0.15) is 11.3 Å². The first-order chi connectivity index (χ1) is 11.7. The third-order valence-electron chi connectivity index (χ3n) is 4.19. The van der Waals surface area contributed by atoms with E-state index in [1.165, 1.54) is 12.8 Å². The number of likely N-dealkylation sites (tertiary alicyclic amines) is 1. The summed E-state index contributed by atoms with van der Waals surface area (Å²) in [6.45, 7) is 4.97. The first-order valence-electron chi connectivity index (χ1n) is 8.29. The van der Waals surface area contributed by atoms with Crippen molar-refractivity contribution in [3.8, 4) is 11.6 Å². The predicted molar refractivity (Wildman–Crippen MR) is 91.2 cm³/mol. The van der Waals surface area contributed by atoms with E-state index in [0.717, 1.165) is 13.1 Å². The zero-order valence-electron chi connectivity index (χ0n) is 13.8. The minimum absolute atomic E-state index is 0.173. The molecule has 1 aliphatic rings. The molecule has 3 heterocycles. The zero-order valence-corrected chi connectivity index (χ0v) is 13.8. The summed E-state index contributed by atoms with van der Waals surface area (Å²) in [4.78, 5) is 23.1. The van der Waals surface area contributed by atoms with Crippen LogP contribution in [-0.4, -0.2) is 46.5 Å². The summed E-state index contributed by atoms with van der Waals surface area (Å²) >= 11 is 0. The highest BCUT2D eigenvalue weighted by atomic mass is 16.5. The van der Waals surface area contributed by atoms with Crippen LogP contribution in [0, 0.1) is 0 Å². The van der Waals surface area contributed by atoms with E-state index in [2.05, 4.69) is 27.1 Å². The van der Waals surface area contributed by atoms with Crippen molar-refractivity contribution in [1.82, 2.24) is 20.2 Å². The van der Waals surface area contributed by atoms with Crippen molar-refractivity contribution in [2.75, 3.05) is 19.6 Å². The SMILES string of the molecule is C[C@H](CNC(=O)c1cccnc1Oc1cccnc1)N1CCCC1. The number of carbonyl (C=O) groups is 1. The number of nitrogens with one attached hydrogen (secondary N) is 1. The smallest absolute Gasteiger partial charge is 0.256 e. The molecule has 2 aromatic rings. The lowest BCUT2D eigenvalue weighted by molar-refractivity contribution is 0.0937. The van der Waals surface area contributed by atoms with Crippen LogP contribution in [0.25, 0.3) is 0 Å². The maximum Gasteiger partial charge on any atom is 0.256 e.